The zero-order valence-corrected chi connectivity index (χ0v) is 21.7. The van der Waals surface area contributed by atoms with E-state index in [1.165, 1.54) is 40.1 Å². The van der Waals surface area contributed by atoms with Crippen molar-refractivity contribution in [2.45, 2.75) is 77.2 Å². The Morgan fingerprint density at radius 2 is 1.89 bits per heavy atom. The van der Waals surface area contributed by atoms with Crippen LogP contribution >= 0.6 is 0 Å². The molecule has 0 aliphatic heterocycles. The fourth-order valence-corrected chi connectivity index (χ4v) is 8.53. The predicted octanol–water partition coefficient (Wildman–Crippen LogP) is 5.97. The van der Waals surface area contributed by atoms with Crippen LogP contribution in [0.2, 0.25) is 0 Å². The summed E-state index contributed by atoms with van der Waals surface area (Å²) in [6.45, 7) is 5.24. The Labute approximate surface area is 212 Å². The maximum atomic E-state index is 13.3. The van der Waals surface area contributed by atoms with Gasteiger partial charge in [-0.3, -0.25) is 14.4 Å². The summed E-state index contributed by atoms with van der Waals surface area (Å²) >= 11 is 0. The van der Waals surface area contributed by atoms with Crippen molar-refractivity contribution in [3.05, 3.63) is 58.8 Å². The van der Waals surface area contributed by atoms with Crippen molar-refractivity contribution < 1.29 is 19.1 Å². The first kappa shape index (κ1) is 23.4. The molecule has 4 aliphatic carbocycles. The minimum Gasteiger partial charge on any atom is -0.451 e. The SMILES string of the molecule is CC(=O)OC1(C(C)=O)CCC2C3CCC4=CC(=O)CCC4=C3C(c3ccc4c(ccn4C)c3)C[C@@]21C. The van der Waals surface area contributed by atoms with Crippen molar-refractivity contribution in [3.8, 4) is 0 Å². The van der Waals surface area contributed by atoms with E-state index >= 15 is 0 Å². The Kier molecular flexibility index (Phi) is 5.23. The van der Waals surface area contributed by atoms with Gasteiger partial charge >= 0.3 is 5.97 Å². The second-order valence-corrected chi connectivity index (χ2v) is 11.8. The van der Waals surface area contributed by atoms with E-state index in [0.717, 1.165) is 32.1 Å². The zero-order valence-electron chi connectivity index (χ0n) is 21.7. The van der Waals surface area contributed by atoms with Crippen molar-refractivity contribution in [1.82, 2.24) is 4.57 Å². The van der Waals surface area contributed by atoms with Gasteiger partial charge in [-0.05, 0) is 104 Å². The predicted molar refractivity (Wildman–Crippen MR) is 138 cm³/mol. The van der Waals surface area contributed by atoms with E-state index in [0.29, 0.717) is 18.8 Å². The first-order chi connectivity index (χ1) is 17.1. The first-order valence-electron chi connectivity index (χ1n) is 13.4. The van der Waals surface area contributed by atoms with E-state index in [1.807, 2.05) is 6.08 Å². The van der Waals surface area contributed by atoms with Gasteiger partial charge in [0.1, 0.15) is 0 Å². The number of carbonyl (C=O) groups is 3. The highest BCUT2D eigenvalue weighted by atomic mass is 16.6. The number of ketones is 2. The Bertz CT molecular complexity index is 1380. The van der Waals surface area contributed by atoms with E-state index in [1.54, 1.807) is 6.92 Å². The van der Waals surface area contributed by atoms with Gasteiger partial charge in [0, 0.05) is 43.4 Å². The molecule has 36 heavy (non-hydrogen) atoms. The molecule has 0 saturated heterocycles. The fraction of sp³-hybridized carbons (Fsp3) is 0.516. The minimum atomic E-state index is -1.08. The van der Waals surface area contributed by atoms with Crippen molar-refractivity contribution in [2.24, 2.45) is 24.3 Å². The molecule has 0 spiro atoms. The van der Waals surface area contributed by atoms with Crippen molar-refractivity contribution in [3.63, 3.8) is 0 Å². The Morgan fingerprint density at radius 1 is 1.08 bits per heavy atom. The van der Waals surface area contributed by atoms with Crippen LogP contribution < -0.4 is 0 Å². The van der Waals surface area contributed by atoms with Gasteiger partial charge in [-0.2, -0.15) is 0 Å². The van der Waals surface area contributed by atoms with Crippen LogP contribution in [-0.4, -0.2) is 27.7 Å². The summed E-state index contributed by atoms with van der Waals surface area (Å²) in [5.41, 5.74) is 5.03. The number of carbonyl (C=O) groups excluding carboxylic acids is 3. The summed E-state index contributed by atoms with van der Waals surface area (Å²) in [7, 11) is 2.06. The number of fused-ring (bicyclic) bond motifs is 5. The van der Waals surface area contributed by atoms with E-state index < -0.39 is 11.0 Å². The van der Waals surface area contributed by atoms with Gasteiger partial charge < -0.3 is 9.30 Å². The van der Waals surface area contributed by atoms with Gasteiger partial charge in [0.05, 0.1) is 0 Å². The molecule has 1 aromatic carbocycles. The number of ether oxygens (including phenoxy) is 1. The number of benzene rings is 1. The number of allylic oxidation sites excluding steroid dienone is 4. The molecule has 0 bridgehead atoms. The quantitative estimate of drug-likeness (QED) is 0.503. The molecular formula is C31H35NO4. The number of aryl methyl sites for hydroxylation is 1. The molecule has 5 heteroatoms. The molecule has 0 amide bonds. The lowest BCUT2D eigenvalue weighted by molar-refractivity contribution is -0.182. The van der Waals surface area contributed by atoms with Crippen molar-refractivity contribution >= 4 is 28.4 Å². The Balaban J connectivity index is 1.56. The molecule has 4 unspecified atom stereocenters. The summed E-state index contributed by atoms with van der Waals surface area (Å²) < 4.78 is 8.16. The van der Waals surface area contributed by atoms with Gasteiger partial charge in [-0.1, -0.05) is 18.6 Å². The third kappa shape index (κ3) is 3.17. The van der Waals surface area contributed by atoms with Crippen LogP contribution in [0.25, 0.3) is 10.9 Å². The fourth-order valence-electron chi connectivity index (χ4n) is 8.53. The first-order valence-corrected chi connectivity index (χ1v) is 13.4. The summed E-state index contributed by atoms with van der Waals surface area (Å²) in [4.78, 5) is 37.9. The van der Waals surface area contributed by atoms with Gasteiger partial charge in [0.25, 0.3) is 0 Å². The molecule has 5 nitrogen and oxygen atoms in total. The van der Waals surface area contributed by atoms with Crippen LogP contribution in [0.1, 0.15) is 77.2 Å². The van der Waals surface area contributed by atoms with E-state index in [9.17, 15) is 14.4 Å². The Hall–Kier alpha value is -2.95. The molecule has 6 rings (SSSR count). The molecule has 0 N–H and O–H groups in total. The summed E-state index contributed by atoms with van der Waals surface area (Å²) in [5, 5.41) is 1.21. The second kappa shape index (κ2) is 8.03. The highest BCUT2D eigenvalue weighted by Crippen LogP contribution is 2.67. The molecule has 1 aromatic heterocycles. The number of esters is 1. The monoisotopic (exact) mass is 485 g/mol. The van der Waals surface area contributed by atoms with E-state index in [2.05, 4.69) is 49.0 Å². The molecule has 2 aromatic rings. The molecule has 2 saturated carbocycles. The van der Waals surface area contributed by atoms with Crippen LogP contribution in [0.15, 0.2) is 53.3 Å². The average Bonchev–Trinajstić information content (AvgIpc) is 3.35. The number of nitrogens with zero attached hydrogens (tertiary/aromatic N) is 1. The highest BCUT2D eigenvalue weighted by Gasteiger charge is 2.67. The number of hydrogen-bond acceptors (Lipinski definition) is 4. The molecule has 1 heterocycles. The number of rotatable bonds is 3. The molecular weight excluding hydrogens is 450 g/mol. The summed E-state index contributed by atoms with van der Waals surface area (Å²) in [5.74, 6) is 0.563. The second-order valence-electron chi connectivity index (χ2n) is 11.8. The van der Waals surface area contributed by atoms with Crippen molar-refractivity contribution in [1.29, 1.82) is 0 Å². The molecule has 5 atom stereocenters. The van der Waals surface area contributed by atoms with Gasteiger partial charge in [0.2, 0.25) is 0 Å². The molecule has 188 valence electrons. The van der Waals surface area contributed by atoms with Crippen molar-refractivity contribution in [2.75, 3.05) is 0 Å². The van der Waals surface area contributed by atoms with Crippen LogP contribution in [0, 0.1) is 17.3 Å². The van der Waals surface area contributed by atoms with E-state index in [4.69, 9.17) is 4.74 Å². The zero-order chi connectivity index (χ0) is 25.4. The lowest BCUT2D eigenvalue weighted by Crippen LogP contribution is -2.57. The number of hydrogen-bond donors (Lipinski definition) is 0. The number of aromatic nitrogens is 1. The van der Waals surface area contributed by atoms with Crippen LogP contribution in [0.5, 0.6) is 0 Å². The largest absolute Gasteiger partial charge is 0.451 e. The maximum absolute atomic E-state index is 13.3. The Morgan fingerprint density at radius 3 is 2.64 bits per heavy atom. The van der Waals surface area contributed by atoms with Gasteiger partial charge in [0.15, 0.2) is 17.2 Å². The normalized spacial score (nSPS) is 33.6. The molecule has 4 aliphatic rings. The topological polar surface area (TPSA) is 65.4 Å². The van der Waals surface area contributed by atoms with E-state index in [-0.39, 0.29) is 29.4 Å². The lowest BCUT2D eigenvalue weighted by Gasteiger charge is -2.55. The van der Waals surface area contributed by atoms with Crippen LogP contribution in [0.4, 0.5) is 0 Å². The van der Waals surface area contributed by atoms with Gasteiger partial charge in [-0.25, -0.2) is 0 Å². The van der Waals surface area contributed by atoms with Gasteiger partial charge in [-0.15, -0.1) is 0 Å². The average molecular weight is 486 g/mol. The highest BCUT2D eigenvalue weighted by molar-refractivity contribution is 5.93. The summed E-state index contributed by atoms with van der Waals surface area (Å²) in [6.07, 6.45) is 9.49. The third-order valence-corrected chi connectivity index (χ3v) is 10.1. The minimum absolute atomic E-state index is 0.0317. The standard InChI is InChI=1S/C31H35NO4/c1-18(33)31(36-19(2)34)13-11-27-25-8-5-21-16-23(35)7-9-24(21)29(25)26(17-30(27,31)3)20-6-10-28-22(15-20)12-14-32(28)4/h6,10,12,14-16,25-27H,5,7-9,11,13,17H2,1-4H3/t25?,26?,27?,30-,31?/m0/s1. The van der Waals surface area contributed by atoms with Crippen LogP contribution in [-0.2, 0) is 26.2 Å². The lowest BCUT2D eigenvalue weighted by atomic mass is 9.50. The smallest absolute Gasteiger partial charge is 0.303 e. The maximum Gasteiger partial charge on any atom is 0.303 e. The van der Waals surface area contributed by atoms with Crippen LogP contribution in [0.3, 0.4) is 0 Å². The number of Topliss-reactive ketones (excluding diaryl/α,β-unsaturated/α-hetero) is 1. The molecule has 0 radical (unpaired) electrons. The molecule has 2 fully saturated rings. The summed E-state index contributed by atoms with van der Waals surface area (Å²) in [6, 6.07) is 8.89. The third-order valence-electron chi connectivity index (χ3n) is 10.1.